The Hall–Kier alpha value is -5.09. The Kier molecular flexibility index (Phi) is 5.97. The summed E-state index contributed by atoms with van der Waals surface area (Å²) >= 11 is 0. The van der Waals surface area contributed by atoms with Crippen LogP contribution >= 0.6 is 0 Å². The molecule has 0 aliphatic carbocycles. The molecule has 176 valence electrons. The number of hydrogen-bond donors (Lipinski definition) is 1. The normalized spacial score (nSPS) is 10.8. The van der Waals surface area contributed by atoms with Gasteiger partial charge in [-0.3, -0.25) is 0 Å². The van der Waals surface area contributed by atoms with Crippen molar-refractivity contribution >= 4 is 0 Å². The number of phenols is 1. The molecule has 0 fully saturated rings. The monoisotopic (exact) mass is 477 g/mol. The molecule has 0 spiro atoms. The quantitative estimate of drug-likeness (QED) is 0.274. The van der Waals surface area contributed by atoms with E-state index in [1.807, 2.05) is 72.8 Å². The van der Waals surface area contributed by atoms with Gasteiger partial charge in [-0.25, -0.2) is 15.0 Å². The number of nitrogens with zero attached hydrogens (tertiary/aromatic N) is 3. The van der Waals surface area contributed by atoms with E-state index in [-0.39, 0.29) is 5.75 Å². The molecule has 0 bridgehead atoms. The van der Waals surface area contributed by atoms with Crippen molar-refractivity contribution in [3.63, 3.8) is 0 Å². The van der Waals surface area contributed by atoms with Crippen molar-refractivity contribution in [2.75, 3.05) is 0 Å². The van der Waals surface area contributed by atoms with Gasteiger partial charge in [-0.2, -0.15) is 0 Å². The minimum Gasteiger partial charge on any atom is -0.507 e. The fraction of sp³-hybridized carbons (Fsp3) is 0. The van der Waals surface area contributed by atoms with Gasteiger partial charge in [0.25, 0.3) is 0 Å². The van der Waals surface area contributed by atoms with Crippen molar-refractivity contribution in [2.24, 2.45) is 0 Å². The van der Waals surface area contributed by atoms with Crippen LogP contribution in [0.25, 0.3) is 56.4 Å². The zero-order valence-electron chi connectivity index (χ0n) is 20.0. The van der Waals surface area contributed by atoms with Gasteiger partial charge in [0, 0.05) is 11.1 Å². The van der Waals surface area contributed by atoms with E-state index >= 15 is 0 Å². The molecule has 0 saturated carbocycles. The molecule has 1 heterocycles. The van der Waals surface area contributed by atoms with Gasteiger partial charge >= 0.3 is 0 Å². The highest BCUT2D eigenvalue weighted by Crippen LogP contribution is 2.31. The lowest BCUT2D eigenvalue weighted by Crippen LogP contribution is -2.00. The molecule has 0 atom stereocenters. The van der Waals surface area contributed by atoms with E-state index in [4.69, 9.17) is 15.0 Å². The van der Waals surface area contributed by atoms with Crippen LogP contribution in [0.2, 0.25) is 0 Å². The summed E-state index contributed by atoms with van der Waals surface area (Å²) in [5.41, 5.74) is 6.86. The summed E-state index contributed by atoms with van der Waals surface area (Å²) in [5.74, 6) is 1.66. The molecule has 4 nitrogen and oxygen atoms in total. The van der Waals surface area contributed by atoms with Crippen LogP contribution in [0.4, 0.5) is 0 Å². The third kappa shape index (κ3) is 4.73. The number of phenolic OH excluding ortho intramolecular Hbond substituents is 1. The zero-order valence-corrected chi connectivity index (χ0v) is 20.0. The van der Waals surface area contributed by atoms with E-state index in [1.54, 1.807) is 12.1 Å². The largest absolute Gasteiger partial charge is 0.507 e. The average molecular weight is 478 g/mol. The smallest absolute Gasteiger partial charge is 0.167 e. The summed E-state index contributed by atoms with van der Waals surface area (Å²) in [5, 5.41) is 10.5. The summed E-state index contributed by atoms with van der Waals surface area (Å²) in [4.78, 5) is 14.3. The van der Waals surface area contributed by atoms with Gasteiger partial charge in [0.1, 0.15) is 5.75 Å². The van der Waals surface area contributed by atoms with Crippen molar-refractivity contribution in [3.05, 3.63) is 133 Å². The van der Waals surface area contributed by atoms with Gasteiger partial charge < -0.3 is 5.11 Å². The minimum atomic E-state index is 0.129. The summed E-state index contributed by atoms with van der Waals surface area (Å²) in [6.45, 7) is 0. The van der Waals surface area contributed by atoms with E-state index in [0.29, 0.717) is 23.0 Å². The van der Waals surface area contributed by atoms with Crippen LogP contribution in [0.5, 0.6) is 5.75 Å². The Balaban J connectivity index is 1.43. The van der Waals surface area contributed by atoms with Gasteiger partial charge in [-0.05, 0) is 34.4 Å². The lowest BCUT2D eigenvalue weighted by molar-refractivity contribution is 0.477. The molecule has 1 N–H and O–H groups in total. The lowest BCUT2D eigenvalue weighted by Gasteiger charge is -2.10. The fourth-order valence-electron chi connectivity index (χ4n) is 4.30. The van der Waals surface area contributed by atoms with E-state index in [1.165, 1.54) is 0 Å². The molecule has 0 aliphatic rings. The molecule has 4 heteroatoms. The zero-order chi connectivity index (χ0) is 25.0. The Labute approximate surface area is 215 Å². The van der Waals surface area contributed by atoms with Crippen LogP contribution in [0, 0.1) is 0 Å². The highest BCUT2D eigenvalue weighted by Gasteiger charge is 2.14. The summed E-state index contributed by atoms with van der Waals surface area (Å²) in [7, 11) is 0. The summed E-state index contributed by atoms with van der Waals surface area (Å²) in [6.07, 6.45) is 0. The lowest BCUT2D eigenvalue weighted by atomic mass is 10.0. The molecule has 5 aromatic carbocycles. The Morgan fingerprint density at radius 2 is 0.676 bits per heavy atom. The first kappa shape index (κ1) is 22.4. The Morgan fingerprint density at radius 3 is 1.14 bits per heavy atom. The standard InChI is InChI=1S/C33H23N3O/c37-30-14-8-7-13-29(30)33-35-31(27-19-15-25(16-20-27)23-9-3-1-4-10-23)34-32(36-33)28-21-17-26(18-22-28)24-11-5-2-6-12-24/h1-22,37H. The first-order valence-electron chi connectivity index (χ1n) is 12.1. The van der Waals surface area contributed by atoms with E-state index in [2.05, 4.69) is 48.5 Å². The number of para-hydroxylation sites is 1. The van der Waals surface area contributed by atoms with Gasteiger partial charge in [-0.1, -0.05) is 121 Å². The maximum absolute atomic E-state index is 10.5. The van der Waals surface area contributed by atoms with Crippen LogP contribution in [-0.2, 0) is 0 Å². The second-order valence-corrected chi connectivity index (χ2v) is 8.71. The van der Waals surface area contributed by atoms with Gasteiger partial charge in [-0.15, -0.1) is 0 Å². The molecule has 6 aromatic rings. The van der Waals surface area contributed by atoms with Crippen molar-refractivity contribution in [2.45, 2.75) is 0 Å². The maximum Gasteiger partial charge on any atom is 0.167 e. The molecule has 0 amide bonds. The molecular formula is C33H23N3O. The van der Waals surface area contributed by atoms with Gasteiger partial charge in [0.2, 0.25) is 0 Å². The van der Waals surface area contributed by atoms with Crippen molar-refractivity contribution in [3.8, 4) is 62.2 Å². The molecule has 6 rings (SSSR count). The van der Waals surface area contributed by atoms with Crippen LogP contribution in [-0.4, -0.2) is 20.1 Å². The molecule has 0 unspecified atom stereocenters. The molecule has 0 radical (unpaired) electrons. The van der Waals surface area contributed by atoms with E-state index in [0.717, 1.165) is 33.4 Å². The summed E-state index contributed by atoms with van der Waals surface area (Å²) in [6, 6.07) is 44.0. The van der Waals surface area contributed by atoms with Crippen LogP contribution in [0.15, 0.2) is 133 Å². The van der Waals surface area contributed by atoms with Crippen molar-refractivity contribution < 1.29 is 5.11 Å². The predicted molar refractivity (Wildman–Crippen MR) is 149 cm³/mol. The number of hydrogen-bond acceptors (Lipinski definition) is 4. The first-order chi connectivity index (χ1) is 18.2. The molecule has 37 heavy (non-hydrogen) atoms. The second-order valence-electron chi connectivity index (χ2n) is 8.71. The number of aromatic hydroxyl groups is 1. The highest BCUT2D eigenvalue weighted by molar-refractivity contribution is 5.73. The third-order valence-electron chi connectivity index (χ3n) is 6.28. The maximum atomic E-state index is 10.5. The molecular weight excluding hydrogens is 454 g/mol. The SMILES string of the molecule is Oc1ccccc1-c1nc(-c2ccc(-c3ccccc3)cc2)nc(-c2ccc(-c3ccccc3)cc2)n1. The number of rotatable bonds is 5. The third-order valence-corrected chi connectivity index (χ3v) is 6.28. The predicted octanol–water partition coefficient (Wildman–Crippen LogP) is 7.91. The fourth-order valence-corrected chi connectivity index (χ4v) is 4.30. The molecule has 0 aliphatic heterocycles. The highest BCUT2D eigenvalue weighted by atomic mass is 16.3. The van der Waals surface area contributed by atoms with Gasteiger partial charge in [0.05, 0.1) is 5.56 Å². The topological polar surface area (TPSA) is 58.9 Å². The summed E-state index contributed by atoms with van der Waals surface area (Å²) < 4.78 is 0. The van der Waals surface area contributed by atoms with Crippen LogP contribution < -0.4 is 0 Å². The van der Waals surface area contributed by atoms with Crippen molar-refractivity contribution in [1.82, 2.24) is 15.0 Å². The van der Waals surface area contributed by atoms with Crippen LogP contribution in [0.3, 0.4) is 0 Å². The Bertz CT molecular complexity index is 1550. The number of aromatic nitrogens is 3. The molecule has 0 saturated heterocycles. The van der Waals surface area contributed by atoms with Crippen molar-refractivity contribution in [1.29, 1.82) is 0 Å². The molecule has 1 aromatic heterocycles. The average Bonchev–Trinajstić information content (AvgIpc) is 2.98. The van der Waals surface area contributed by atoms with E-state index < -0.39 is 0 Å². The number of benzene rings is 5. The van der Waals surface area contributed by atoms with E-state index in [9.17, 15) is 5.11 Å². The first-order valence-corrected chi connectivity index (χ1v) is 12.1. The van der Waals surface area contributed by atoms with Crippen LogP contribution in [0.1, 0.15) is 0 Å². The Morgan fingerprint density at radius 1 is 0.324 bits per heavy atom. The minimum absolute atomic E-state index is 0.129. The van der Waals surface area contributed by atoms with Gasteiger partial charge in [0.15, 0.2) is 17.5 Å². The second kappa shape index (κ2) is 9.88.